The quantitative estimate of drug-likeness (QED) is 0.889. The zero-order valence-corrected chi connectivity index (χ0v) is 17.0. The molecule has 1 N–H and O–H groups in total. The van der Waals surface area contributed by atoms with Gasteiger partial charge in [-0.3, -0.25) is 0 Å². The van der Waals surface area contributed by atoms with Crippen molar-refractivity contribution < 1.29 is 8.42 Å². The first-order valence-electron chi connectivity index (χ1n) is 9.46. The molecule has 140 valence electrons. The Bertz CT molecular complexity index is 714. The van der Waals surface area contributed by atoms with Crippen LogP contribution in [0.2, 0.25) is 0 Å². The van der Waals surface area contributed by atoms with Gasteiger partial charge in [0.15, 0.2) is 0 Å². The summed E-state index contributed by atoms with van der Waals surface area (Å²) in [5.74, 6) is 0. The third-order valence-electron chi connectivity index (χ3n) is 5.51. The summed E-state index contributed by atoms with van der Waals surface area (Å²) in [6.45, 7) is 12.3. The number of benzene rings is 1. The van der Waals surface area contributed by atoms with Gasteiger partial charge in [0, 0.05) is 12.1 Å². The number of piperidine rings is 1. The minimum atomic E-state index is -3.47. The van der Waals surface area contributed by atoms with Crippen LogP contribution in [0.3, 0.4) is 0 Å². The van der Waals surface area contributed by atoms with E-state index < -0.39 is 10.0 Å². The van der Waals surface area contributed by atoms with Crippen molar-refractivity contribution >= 4 is 10.0 Å². The number of hydrogen-bond donors (Lipinski definition) is 1. The molecule has 0 radical (unpaired) electrons. The van der Waals surface area contributed by atoms with Crippen LogP contribution in [0, 0.1) is 13.8 Å². The van der Waals surface area contributed by atoms with E-state index >= 15 is 0 Å². The predicted octanol–water partition coefficient (Wildman–Crippen LogP) is 3.51. The van der Waals surface area contributed by atoms with Crippen LogP contribution >= 0.6 is 0 Å². The number of aryl methyl sites for hydroxylation is 2. The lowest BCUT2D eigenvalue weighted by atomic mass is 9.85. The molecule has 0 amide bonds. The minimum Gasteiger partial charge on any atom is -0.300 e. The Labute approximate surface area is 153 Å². The van der Waals surface area contributed by atoms with Crippen LogP contribution in [-0.4, -0.2) is 38.5 Å². The summed E-state index contributed by atoms with van der Waals surface area (Å²) in [5.41, 5.74) is 2.88. The second kappa shape index (κ2) is 6.67. The maximum atomic E-state index is 13.0. The van der Waals surface area contributed by atoms with Gasteiger partial charge in [0.2, 0.25) is 10.0 Å². The van der Waals surface area contributed by atoms with E-state index in [9.17, 15) is 8.42 Å². The highest BCUT2D eigenvalue weighted by Crippen LogP contribution is 2.31. The Hall–Kier alpha value is -0.910. The molecule has 1 saturated heterocycles. The zero-order valence-electron chi connectivity index (χ0n) is 16.2. The Kier molecular flexibility index (Phi) is 5.04. The van der Waals surface area contributed by atoms with Crippen molar-refractivity contribution in [2.45, 2.75) is 82.7 Å². The Morgan fingerprint density at radius 2 is 1.52 bits per heavy atom. The lowest BCUT2D eigenvalue weighted by Crippen LogP contribution is -2.45. The fourth-order valence-corrected chi connectivity index (χ4v) is 5.67. The predicted molar refractivity (Wildman–Crippen MR) is 103 cm³/mol. The molecular weight excluding hydrogens is 332 g/mol. The Morgan fingerprint density at radius 3 is 1.96 bits per heavy atom. The first-order valence-corrected chi connectivity index (χ1v) is 10.9. The van der Waals surface area contributed by atoms with Crippen molar-refractivity contribution in [3.05, 3.63) is 28.8 Å². The normalized spacial score (nSPS) is 20.8. The summed E-state index contributed by atoms with van der Waals surface area (Å²) in [5, 5.41) is 0. The van der Waals surface area contributed by atoms with Gasteiger partial charge in [0.25, 0.3) is 0 Å². The van der Waals surface area contributed by atoms with Crippen molar-refractivity contribution in [1.29, 1.82) is 0 Å². The number of rotatable bonds is 4. The molecule has 1 aromatic carbocycles. The van der Waals surface area contributed by atoms with E-state index in [1.54, 1.807) is 0 Å². The van der Waals surface area contributed by atoms with Crippen molar-refractivity contribution in [3.63, 3.8) is 0 Å². The van der Waals surface area contributed by atoms with Crippen LogP contribution in [0.4, 0.5) is 0 Å². The summed E-state index contributed by atoms with van der Waals surface area (Å²) in [6, 6.07) is 4.88. The molecule has 3 rings (SSSR count). The van der Waals surface area contributed by atoms with E-state index in [2.05, 4.69) is 30.4 Å². The third kappa shape index (κ3) is 4.26. The molecule has 0 atom stereocenters. The van der Waals surface area contributed by atoms with Crippen LogP contribution in [0.25, 0.3) is 0 Å². The first-order chi connectivity index (χ1) is 11.6. The average molecular weight is 365 g/mol. The van der Waals surface area contributed by atoms with Gasteiger partial charge in [0.05, 0.1) is 4.90 Å². The lowest BCUT2D eigenvalue weighted by Gasteiger charge is -2.32. The monoisotopic (exact) mass is 364 g/mol. The van der Waals surface area contributed by atoms with Crippen LogP contribution in [-0.2, 0) is 15.4 Å². The van der Waals surface area contributed by atoms with Gasteiger partial charge < -0.3 is 4.90 Å². The maximum absolute atomic E-state index is 13.0. The van der Waals surface area contributed by atoms with Crippen molar-refractivity contribution in [2.24, 2.45) is 0 Å². The molecule has 2 fully saturated rings. The van der Waals surface area contributed by atoms with Crippen molar-refractivity contribution in [2.75, 3.05) is 13.1 Å². The third-order valence-corrected chi connectivity index (χ3v) is 7.33. The molecule has 2 aliphatic rings. The second-order valence-electron chi connectivity index (χ2n) is 8.85. The molecule has 1 aromatic rings. The molecule has 0 unspecified atom stereocenters. The van der Waals surface area contributed by atoms with Gasteiger partial charge in [0.1, 0.15) is 0 Å². The van der Waals surface area contributed by atoms with E-state index in [0.717, 1.165) is 43.1 Å². The average Bonchev–Trinajstić information content (AvgIpc) is 3.30. The lowest BCUT2D eigenvalue weighted by molar-refractivity contribution is 0.199. The topological polar surface area (TPSA) is 49.4 Å². The van der Waals surface area contributed by atoms with Crippen LogP contribution in [0.1, 0.15) is 63.1 Å². The highest BCUT2D eigenvalue weighted by molar-refractivity contribution is 7.89. The number of nitrogens with zero attached hydrogens (tertiary/aromatic N) is 1. The van der Waals surface area contributed by atoms with Crippen molar-refractivity contribution in [1.82, 2.24) is 9.62 Å². The smallest absolute Gasteiger partial charge is 0.241 e. The summed E-state index contributed by atoms with van der Waals surface area (Å²) < 4.78 is 29.0. The fraction of sp³-hybridized carbons (Fsp3) is 0.700. The van der Waals surface area contributed by atoms with Gasteiger partial charge in [-0.1, -0.05) is 32.9 Å². The van der Waals surface area contributed by atoms with Gasteiger partial charge in [-0.2, -0.15) is 0 Å². The molecule has 5 heteroatoms. The molecule has 0 spiro atoms. The number of likely N-dealkylation sites (tertiary alicyclic amines) is 1. The zero-order chi connectivity index (χ0) is 18.4. The van der Waals surface area contributed by atoms with Crippen LogP contribution < -0.4 is 4.72 Å². The summed E-state index contributed by atoms with van der Waals surface area (Å²) in [6.07, 6.45) is 4.45. The van der Waals surface area contributed by atoms with E-state index in [4.69, 9.17) is 0 Å². The highest BCUT2D eigenvalue weighted by Gasteiger charge is 2.33. The maximum Gasteiger partial charge on any atom is 0.241 e. The number of sulfonamides is 1. The molecule has 1 aliphatic carbocycles. The Balaban J connectivity index is 1.76. The van der Waals surface area contributed by atoms with E-state index in [0.29, 0.717) is 4.90 Å². The van der Waals surface area contributed by atoms with E-state index in [1.165, 1.54) is 18.4 Å². The molecular formula is C20H32N2O2S. The number of hydrogen-bond acceptors (Lipinski definition) is 3. The van der Waals surface area contributed by atoms with Gasteiger partial charge in [-0.15, -0.1) is 0 Å². The summed E-state index contributed by atoms with van der Waals surface area (Å²) in [7, 11) is -3.47. The summed E-state index contributed by atoms with van der Waals surface area (Å²) in [4.78, 5) is 2.98. The van der Waals surface area contributed by atoms with E-state index in [-0.39, 0.29) is 11.5 Å². The first kappa shape index (κ1) is 18.9. The summed E-state index contributed by atoms with van der Waals surface area (Å²) >= 11 is 0. The van der Waals surface area contributed by atoms with E-state index in [1.807, 2.05) is 26.0 Å². The largest absolute Gasteiger partial charge is 0.300 e. The highest BCUT2D eigenvalue weighted by atomic mass is 32.2. The molecule has 4 nitrogen and oxygen atoms in total. The van der Waals surface area contributed by atoms with Gasteiger partial charge >= 0.3 is 0 Å². The molecule has 1 aliphatic heterocycles. The standard InChI is InChI=1S/C20H32N2O2S/c1-14-12-16(20(3,4)5)13-15(2)19(14)25(23,24)21-17-8-10-22(11-9-17)18-6-7-18/h12-13,17-18,21H,6-11H2,1-5H3. The van der Waals surface area contributed by atoms with Gasteiger partial charge in [-0.05, 0) is 74.7 Å². The minimum absolute atomic E-state index is 0.0148. The molecule has 25 heavy (non-hydrogen) atoms. The number of nitrogens with one attached hydrogen (secondary N) is 1. The second-order valence-corrected chi connectivity index (χ2v) is 10.5. The SMILES string of the molecule is Cc1cc(C(C)(C)C)cc(C)c1S(=O)(=O)NC1CCN(C2CC2)CC1. The molecule has 1 heterocycles. The van der Waals surface area contributed by atoms with Crippen LogP contribution in [0.15, 0.2) is 17.0 Å². The molecule has 0 bridgehead atoms. The molecule has 1 saturated carbocycles. The molecule has 0 aromatic heterocycles. The Morgan fingerprint density at radius 1 is 1.00 bits per heavy atom. The van der Waals surface area contributed by atoms with Crippen LogP contribution in [0.5, 0.6) is 0 Å². The van der Waals surface area contributed by atoms with Gasteiger partial charge in [-0.25, -0.2) is 13.1 Å². The fourth-order valence-electron chi connectivity index (χ4n) is 3.91. The van der Waals surface area contributed by atoms with Crippen molar-refractivity contribution in [3.8, 4) is 0 Å².